The zero-order valence-electron chi connectivity index (χ0n) is 19.6. The van der Waals surface area contributed by atoms with Crippen molar-refractivity contribution in [3.8, 4) is 11.1 Å². The van der Waals surface area contributed by atoms with Crippen LogP contribution in [0.15, 0.2) is 122 Å². The first-order chi connectivity index (χ1) is 16.7. The maximum atomic E-state index is 4.37. The lowest BCUT2D eigenvalue weighted by molar-refractivity contribution is 0.554. The van der Waals surface area contributed by atoms with Crippen LogP contribution in [-0.2, 0) is 0 Å². The molecule has 0 atom stereocenters. The first-order valence-electron chi connectivity index (χ1n) is 11.9. The molecule has 0 bridgehead atoms. The van der Waals surface area contributed by atoms with E-state index in [4.69, 9.17) is 0 Å². The molecule has 0 N–H and O–H groups in total. The van der Waals surface area contributed by atoms with Crippen LogP contribution in [0.2, 0.25) is 0 Å². The summed E-state index contributed by atoms with van der Waals surface area (Å²) in [5, 5.41) is 2.50. The third-order valence-corrected chi connectivity index (χ3v) is 6.36. The molecule has 3 aromatic carbocycles. The first kappa shape index (κ1) is 21.7. The predicted octanol–water partition coefficient (Wildman–Crippen LogP) is 6.70. The Bertz CT molecular complexity index is 1460. The smallest absolute Gasteiger partial charge is 0.0418 e. The van der Waals surface area contributed by atoms with Gasteiger partial charge in [-0.05, 0) is 75.4 Å². The Morgan fingerprint density at radius 1 is 0.882 bits per heavy atom. The van der Waals surface area contributed by atoms with Crippen molar-refractivity contribution in [3.63, 3.8) is 0 Å². The zero-order chi connectivity index (χ0) is 23.3. The van der Waals surface area contributed by atoms with Crippen LogP contribution in [-0.4, -0.2) is 11.4 Å². The maximum absolute atomic E-state index is 4.37. The second-order valence-electron chi connectivity index (χ2n) is 8.63. The van der Waals surface area contributed by atoms with Crippen LogP contribution >= 0.6 is 0 Å². The summed E-state index contributed by atoms with van der Waals surface area (Å²) in [6.07, 6.45) is 18.5. The first-order valence-corrected chi connectivity index (χ1v) is 11.9. The lowest BCUT2D eigenvalue weighted by Crippen LogP contribution is -2.33. The van der Waals surface area contributed by atoms with E-state index in [0.29, 0.717) is 0 Å². The van der Waals surface area contributed by atoms with Crippen molar-refractivity contribution in [2.75, 3.05) is 6.54 Å². The van der Waals surface area contributed by atoms with Gasteiger partial charge in [0, 0.05) is 18.4 Å². The summed E-state index contributed by atoms with van der Waals surface area (Å²) in [6.45, 7) is 7.46. The molecule has 5 rings (SSSR count). The van der Waals surface area contributed by atoms with Crippen molar-refractivity contribution in [2.45, 2.75) is 13.3 Å². The van der Waals surface area contributed by atoms with Crippen LogP contribution in [0.3, 0.4) is 0 Å². The molecule has 1 heterocycles. The molecule has 1 aliphatic carbocycles. The zero-order valence-corrected chi connectivity index (χ0v) is 19.6. The maximum Gasteiger partial charge on any atom is 0.0418 e. The summed E-state index contributed by atoms with van der Waals surface area (Å²) in [5.74, 6) is 0. The summed E-state index contributed by atoms with van der Waals surface area (Å²) in [5.41, 5.74) is 8.23. The SMILES string of the molecule is C=C(/C=C1/C=c2ccccc2=CN1CC)c1ccc(-c2cccc(C3=CC=CCC=C3)c2)cc1. The molecule has 0 spiro atoms. The van der Waals surface area contributed by atoms with Crippen LogP contribution in [0.1, 0.15) is 24.5 Å². The minimum absolute atomic E-state index is 0.917. The van der Waals surface area contributed by atoms with Crippen molar-refractivity contribution in [1.82, 2.24) is 4.90 Å². The van der Waals surface area contributed by atoms with Crippen LogP contribution < -0.4 is 10.4 Å². The van der Waals surface area contributed by atoms with Crippen molar-refractivity contribution in [3.05, 3.63) is 143 Å². The summed E-state index contributed by atoms with van der Waals surface area (Å²) < 4.78 is 0. The Balaban J connectivity index is 1.40. The lowest BCUT2D eigenvalue weighted by Gasteiger charge is -2.23. The van der Waals surface area contributed by atoms with Gasteiger partial charge in [-0.25, -0.2) is 0 Å². The van der Waals surface area contributed by atoms with E-state index in [0.717, 1.165) is 24.1 Å². The Kier molecular flexibility index (Phi) is 6.27. The van der Waals surface area contributed by atoms with Crippen LogP contribution in [0.5, 0.6) is 0 Å². The fourth-order valence-electron chi connectivity index (χ4n) is 4.43. The number of benzene rings is 3. The van der Waals surface area contributed by atoms with Gasteiger partial charge in [0.15, 0.2) is 0 Å². The fourth-order valence-corrected chi connectivity index (χ4v) is 4.43. The summed E-state index contributed by atoms with van der Waals surface area (Å²) in [4.78, 5) is 2.28. The minimum Gasteiger partial charge on any atom is -0.348 e. The molecule has 1 heteroatoms. The number of hydrogen-bond donors (Lipinski definition) is 0. The molecule has 2 aliphatic rings. The van der Waals surface area contributed by atoms with Crippen LogP contribution in [0.4, 0.5) is 0 Å². The van der Waals surface area contributed by atoms with Gasteiger partial charge in [0.25, 0.3) is 0 Å². The molecule has 34 heavy (non-hydrogen) atoms. The van der Waals surface area contributed by atoms with Gasteiger partial charge in [-0.1, -0.05) is 104 Å². The van der Waals surface area contributed by atoms with Gasteiger partial charge in [0.05, 0.1) is 0 Å². The molecule has 166 valence electrons. The Morgan fingerprint density at radius 3 is 2.50 bits per heavy atom. The highest BCUT2D eigenvalue weighted by molar-refractivity contribution is 5.80. The predicted molar refractivity (Wildman–Crippen MR) is 147 cm³/mol. The highest BCUT2D eigenvalue weighted by Crippen LogP contribution is 2.27. The Morgan fingerprint density at radius 2 is 1.68 bits per heavy atom. The molecule has 0 radical (unpaired) electrons. The van der Waals surface area contributed by atoms with Gasteiger partial charge in [0.1, 0.15) is 0 Å². The molecule has 1 nitrogen and oxygen atoms in total. The van der Waals surface area contributed by atoms with E-state index in [-0.39, 0.29) is 0 Å². The van der Waals surface area contributed by atoms with E-state index in [2.05, 4.69) is 140 Å². The summed E-state index contributed by atoms with van der Waals surface area (Å²) >= 11 is 0. The lowest BCUT2D eigenvalue weighted by atomic mass is 9.96. The molecule has 0 amide bonds. The van der Waals surface area contributed by atoms with E-state index < -0.39 is 0 Å². The van der Waals surface area contributed by atoms with Gasteiger partial charge in [0.2, 0.25) is 0 Å². The van der Waals surface area contributed by atoms with Crippen molar-refractivity contribution < 1.29 is 0 Å². The normalized spacial score (nSPS) is 15.7. The number of nitrogens with zero attached hydrogens (tertiary/aromatic N) is 1. The van der Waals surface area contributed by atoms with Crippen LogP contribution in [0, 0.1) is 0 Å². The monoisotopic (exact) mass is 439 g/mol. The quantitative estimate of drug-likeness (QED) is 0.427. The molecule has 0 aromatic heterocycles. The number of hydrogen-bond acceptors (Lipinski definition) is 1. The average molecular weight is 440 g/mol. The molecular formula is C33H29N. The van der Waals surface area contributed by atoms with Crippen molar-refractivity contribution in [1.29, 1.82) is 0 Å². The molecule has 1 aliphatic heterocycles. The van der Waals surface area contributed by atoms with Crippen molar-refractivity contribution in [2.24, 2.45) is 0 Å². The molecule has 0 saturated carbocycles. The van der Waals surface area contributed by atoms with E-state index >= 15 is 0 Å². The molecule has 0 saturated heterocycles. The number of rotatable bonds is 5. The highest BCUT2D eigenvalue weighted by atomic mass is 15.1. The van der Waals surface area contributed by atoms with E-state index in [1.807, 2.05) is 0 Å². The van der Waals surface area contributed by atoms with Gasteiger partial charge >= 0.3 is 0 Å². The average Bonchev–Trinajstić information content (AvgIpc) is 3.18. The Hall–Kier alpha value is -4.10. The van der Waals surface area contributed by atoms with Crippen molar-refractivity contribution >= 4 is 23.4 Å². The molecule has 3 aromatic rings. The molecule has 0 fully saturated rings. The Labute approximate surface area is 202 Å². The minimum atomic E-state index is 0.917. The van der Waals surface area contributed by atoms with Crippen LogP contribution in [0.25, 0.3) is 34.5 Å². The van der Waals surface area contributed by atoms with E-state index in [9.17, 15) is 0 Å². The summed E-state index contributed by atoms with van der Waals surface area (Å²) in [6, 6.07) is 26.0. The number of allylic oxidation sites excluding steroid dienone is 9. The van der Waals surface area contributed by atoms with Gasteiger partial charge in [-0.3, -0.25) is 0 Å². The standard InChI is InChI=1S/C33H29N/c1-3-34-24-32-14-9-8-13-31(32)23-33(34)21-25(2)26-17-19-28(20-18-26)30-16-10-15-29(22-30)27-11-6-4-5-7-12-27/h4,6-24H,2-3,5H2,1H3/b33-21-. The summed E-state index contributed by atoms with van der Waals surface area (Å²) in [7, 11) is 0. The van der Waals surface area contributed by atoms with Gasteiger partial charge in [-0.2, -0.15) is 0 Å². The second-order valence-corrected chi connectivity index (χ2v) is 8.63. The second kappa shape index (κ2) is 9.80. The van der Waals surface area contributed by atoms with Gasteiger partial charge in [-0.15, -0.1) is 0 Å². The highest BCUT2D eigenvalue weighted by Gasteiger charge is 2.09. The number of fused-ring (bicyclic) bond motifs is 1. The topological polar surface area (TPSA) is 3.24 Å². The third kappa shape index (κ3) is 4.65. The third-order valence-electron chi connectivity index (χ3n) is 6.36. The largest absolute Gasteiger partial charge is 0.348 e. The van der Waals surface area contributed by atoms with E-state index in [1.165, 1.54) is 38.4 Å². The molecule has 0 unspecified atom stereocenters. The fraction of sp³-hybridized carbons (Fsp3) is 0.0909. The van der Waals surface area contributed by atoms with E-state index in [1.54, 1.807) is 0 Å². The van der Waals surface area contributed by atoms with Gasteiger partial charge < -0.3 is 4.90 Å². The molecular weight excluding hydrogens is 410 g/mol.